The second-order valence-corrected chi connectivity index (χ2v) is 10.4. The highest BCUT2D eigenvalue weighted by molar-refractivity contribution is 5.98. The molecule has 3 aromatic carbocycles. The van der Waals surface area contributed by atoms with Crippen LogP contribution in [0.2, 0.25) is 0 Å². The highest BCUT2D eigenvalue weighted by atomic mass is 16.7. The molecule has 13 heteroatoms. The summed E-state index contributed by atoms with van der Waals surface area (Å²) in [5, 5.41) is 20.5. The Kier molecular flexibility index (Phi) is 11.6. The number of hydrogen-bond donors (Lipinski definition) is 5. The summed E-state index contributed by atoms with van der Waals surface area (Å²) in [4.78, 5) is 51.7. The van der Waals surface area contributed by atoms with Crippen LogP contribution >= 0.6 is 0 Å². The number of benzene rings is 3. The van der Waals surface area contributed by atoms with Gasteiger partial charge in [0.25, 0.3) is 5.69 Å². The lowest BCUT2D eigenvalue weighted by Gasteiger charge is -2.21. The number of fused-ring (bicyclic) bond motifs is 1. The van der Waals surface area contributed by atoms with Crippen LogP contribution < -0.4 is 26.4 Å². The van der Waals surface area contributed by atoms with E-state index >= 15 is 0 Å². The van der Waals surface area contributed by atoms with E-state index in [4.69, 9.17) is 15.2 Å². The molecule has 0 fully saturated rings. The molecule has 0 saturated heterocycles. The average molecular weight is 617 g/mol. The Morgan fingerprint density at radius 1 is 0.978 bits per heavy atom. The number of carbonyl (C=O) groups excluding carboxylic acids is 3. The van der Waals surface area contributed by atoms with Gasteiger partial charge in [-0.05, 0) is 80.7 Å². The molecule has 13 nitrogen and oxygen atoms in total. The molecule has 2 atom stereocenters. The highest BCUT2D eigenvalue weighted by Gasteiger charge is 2.24. The molecule has 6 N–H and O–H groups in total. The van der Waals surface area contributed by atoms with E-state index in [1.165, 1.54) is 24.3 Å². The van der Waals surface area contributed by atoms with Gasteiger partial charge in [-0.3, -0.25) is 19.7 Å². The maximum atomic E-state index is 13.2. The van der Waals surface area contributed by atoms with Crippen molar-refractivity contribution in [1.29, 1.82) is 0 Å². The third kappa shape index (κ3) is 9.61. The molecule has 0 bridgehead atoms. The molecule has 236 valence electrons. The Bertz CT molecular complexity index is 1600. The van der Waals surface area contributed by atoms with Crippen LogP contribution in [0.3, 0.4) is 0 Å². The summed E-state index contributed by atoms with van der Waals surface area (Å²) in [7, 11) is 1.85. The minimum absolute atomic E-state index is 0.0987. The second-order valence-electron chi connectivity index (χ2n) is 10.4. The van der Waals surface area contributed by atoms with Gasteiger partial charge in [-0.2, -0.15) is 0 Å². The minimum atomic E-state index is -0.971. The van der Waals surface area contributed by atoms with E-state index in [0.717, 1.165) is 29.4 Å². The molecule has 2 amide bonds. The first-order chi connectivity index (χ1) is 21.7. The van der Waals surface area contributed by atoms with Gasteiger partial charge in [0.2, 0.25) is 11.8 Å². The Balaban J connectivity index is 1.30. The molecular weight excluding hydrogens is 580 g/mol. The topological polar surface area (TPSA) is 191 Å². The van der Waals surface area contributed by atoms with Crippen molar-refractivity contribution >= 4 is 40.2 Å². The van der Waals surface area contributed by atoms with E-state index in [-0.39, 0.29) is 24.0 Å². The number of hydrogen-bond acceptors (Lipinski definition) is 9. The quantitative estimate of drug-likeness (QED) is 0.0429. The number of H-pyrrole nitrogens is 1. The van der Waals surface area contributed by atoms with Crippen molar-refractivity contribution in [3.8, 4) is 5.75 Å². The van der Waals surface area contributed by atoms with Crippen LogP contribution in [-0.4, -0.2) is 53.6 Å². The number of aromatic amines is 1. The molecule has 1 heterocycles. The van der Waals surface area contributed by atoms with Gasteiger partial charge in [0.05, 0.1) is 11.0 Å². The fourth-order valence-corrected chi connectivity index (χ4v) is 4.65. The predicted octanol–water partition coefficient (Wildman–Crippen LogP) is 4.17. The van der Waals surface area contributed by atoms with Crippen molar-refractivity contribution in [3.05, 3.63) is 100 Å². The van der Waals surface area contributed by atoms with Crippen LogP contribution in [0.5, 0.6) is 5.75 Å². The average Bonchev–Trinajstić information content (AvgIpc) is 3.44. The van der Waals surface area contributed by atoms with Crippen molar-refractivity contribution in [2.45, 2.75) is 44.4 Å². The van der Waals surface area contributed by atoms with Gasteiger partial charge in [0.15, 0.2) is 0 Å². The Hall–Kier alpha value is -5.27. The zero-order chi connectivity index (χ0) is 32.2. The number of para-hydroxylation sites is 1. The molecule has 4 rings (SSSR count). The van der Waals surface area contributed by atoms with Gasteiger partial charge in [-0.1, -0.05) is 30.3 Å². The summed E-state index contributed by atoms with van der Waals surface area (Å²) in [5.74, 6) is -0.680. The van der Waals surface area contributed by atoms with Gasteiger partial charge in [0, 0.05) is 34.9 Å². The lowest BCUT2D eigenvalue weighted by molar-refractivity contribution is -0.384. The van der Waals surface area contributed by atoms with Crippen LogP contribution in [0.4, 0.5) is 16.2 Å². The monoisotopic (exact) mass is 616 g/mol. The molecule has 0 aliphatic carbocycles. The van der Waals surface area contributed by atoms with E-state index in [0.29, 0.717) is 30.5 Å². The standard InChI is InChI=1S/C32H36N6O7/c1-34-17-5-4-8-29(37-30(39)27(33)18-22-19-35-28-7-3-2-6-26(22)28)31(40)36-23-11-9-21(10-12-23)20-44-32(41)45-25-15-13-24(14-16-25)38(42)43/h2-3,6-7,9-16,19,27,29,34-35H,4-5,8,17-18,20,33H2,1H3,(H,36,40)(H,37,39)/t27-,29-/m0/s1. The minimum Gasteiger partial charge on any atom is -0.429 e. The van der Waals surface area contributed by atoms with Gasteiger partial charge >= 0.3 is 6.16 Å². The third-order valence-electron chi connectivity index (χ3n) is 7.08. The Morgan fingerprint density at radius 3 is 2.42 bits per heavy atom. The first-order valence-electron chi connectivity index (χ1n) is 14.5. The number of aromatic nitrogens is 1. The van der Waals surface area contributed by atoms with E-state index < -0.39 is 29.1 Å². The summed E-state index contributed by atoms with van der Waals surface area (Å²) in [6, 6.07) is 17.8. The van der Waals surface area contributed by atoms with Gasteiger partial charge in [-0.25, -0.2) is 4.79 Å². The van der Waals surface area contributed by atoms with Gasteiger partial charge in [0.1, 0.15) is 18.4 Å². The predicted molar refractivity (Wildman–Crippen MR) is 169 cm³/mol. The van der Waals surface area contributed by atoms with Crippen LogP contribution in [0.25, 0.3) is 10.9 Å². The number of nitrogens with zero attached hydrogens (tertiary/aromatic N) is 1. The number of nitrogens with two attached hydrogens (primary N) is 1. The van der Waals surface area contributed by atoms with Crippen LogP contribution in [0.15, 0.2) is 79.0 Å². The largest absolute Gasteiger partial charge is 0.514 e. The molecule has 4 aromatic rings. The van der Waals surface area contributed by atoms with Crippen molar-refractivity contribution in [2.24, 2.45) is 5.73 Å². The van der Waals surface area contributed by atoms with E-state index in [1.807, 2.05) is 37.5 Å². The van der Waals surface area contributed by atoms with Gasteiger partial charge < -0.3 is 36.1 Å². The molecule has 0 aliphatic heterocycles. The summed E-state index contributed by atoms with van der Waals surface area (Å²) in [6.07, 6.45) is 3.16. The number of unbranched alkanes of at least 4 members (excludes halogenated alkanes) is 1. The lowest BCUT2D eigenvalue weighted by atomic mass is 10.0. The number of nitrogens with one attached hydrogen (secondary N) is 4. The molecule has 0 aliphatic rings. The fourth-order valence-electron chi connectivity index (χ4n) is 4.65. The number of amides is 2. The van der Waals surface area contributed by atoms with Crippen molar-refractivity contribution in [1.82, 2.24) is 15.6 Å². The normalized spacial score (nSPS) is 12.2. The van der Waals surface area contributed by atoms with Gasteiger partial charge in [-0.15, -0.1) is 0 Å². The van der Waals surface area contributed by atoms with Crippen LogP contribution in [-0.2, 0) is 27.4 Å². The maximum Gasteiger partial charge on any atom is 0.514 e. The first kappa shape index (κ1) is 32.6. The molecule has 0 unspecified atom stereocenters. The van der Waals surface area contributed by atoms with E-state index in [2.05, 4.69) is 20.9 Å². The first-order valence-corrected chi connectivity index (χ1v) is 14.5. The van der Waals surface area contributed by atoms with E-state index in [9.17, 15) is 24.5 Å². The Labute approximate surface area is 259 Å². The number of carbonyl (C=O) groups is 3. The zero-order valence-electron chi connectivity index (χ0n) is 24.8. The molecule has 0 saturated carbocycles. The molecule has 45 heavy (non-hydrogen) atoms. The lowest BCUT2D eigenvalue weighted by Crippen LogP contribution is -2.50. The van der Waals surface area contributed by atoms with Crippen LogP contribution in [0.1, 0.15) is 30.4 Å². The SMILES string of the molecule is CNCCCC[C@H](NC(=O)[C@@H](N)Cc1c[nH]c2ccccc12)C(=O)Nc1ccc(COC(=O)Oc2ccc([N+](=O)[O-])cc2)cc1. The highest BCUT2D eigenvalue weighted by Crippen LogP contribution is 2.20. The zero-order valence-corrected chi connectivity index (χ0v) is 24.8. The van der Waals surface area contributed by atoms with Crippen molar-refractivity contribution in [3.63, 3.8) is 0 Å². The molecular formula is C32H36N6O7. The van der Waals surface area contributed by atoms with Crippen molar-refractivity contribution in [2.75, 3.05) is 18.9 Å². The smallest absolute Gasteiger partial charge is 0.429 e. The summed E-state index contributed by atoms with van der Waals surface area (Å²) < 4.78 is 10.1. The maximum absolute atomic E-state index is 13.2. The summed E-state index contributed by atoms with van der Waals surface area (Å²) in [5.41, 5.74) is 9.15. The fraction of sp³-hybridized carbons (Fsp3) is 0.281. The Morgan fingerprint density at radius 2 is 1.71 bits per heavy atom. The number of anilines is 1. The molecule has 0 spiro atoms. The molecule has 0 radical (unpaired) electrons. The number of non-ortho nitro benzene ring substituents is 1. The summed E-state index contributed by atoms with van der Waals surface area (Å²) in [6.45, 7) is 0.686. The number of nitro benzene ring substituents is 1. The van der Waals surface area contributed by atoms with Crippen LogP contribution in [0, 0.1) is 10.1 Å². The number of rotatable bonds is 15. The van der Waals surface area contributed by atoms with E-state index in [1.54, 1.807) is 24.3 Å². The molecule has 1 aromatic heterocycles. The number of nitro groups is 1. The second kappa shape index (κ2) is 16.0. The summed E-state index contributed by atoms with van der Waals surface area (Å²) >= 11 is 0. The third-order valence-corrected chi connectivity index (χ3v) is 7.08. The van der Waals surface area contributed by atoms with Crippen molar-refractivity contribution < 1.29 is 28.8 Å². The number of ether oxygens (including phenoxy) is 2.